The highest BCUT2D eigenvalue weighted by atomic mass is 35.5. The summed E-state index contributed by atoms with van der Waals surface area (Å²) >= 11 is 6.62. The van der Waals surface area contributed by atoms with Crippen molar-refractivity contribution in [2.24, 2.45) is 0 Å². The molecular formula is C31H33ClFN3O3. The molecule has 0 aromatic heterocycles. The third kappa shape index (κ3) is 6.96. The number of halogens is 2. The zero-order chi connectivity index (χ0) is 27.8. The molecule has 3 aromatic carbocycles. The maximum Gasteiger partial charge on any atom is 0.219 e. The summed E-state index contributed by atoms with van der Waals surface area (Å²) in [6.07, 6.45) is 1.95. The van der Waals surface area contributed by atoms with Gasteiger partial charge in [-0.3, -0.25) is 4.79 Å². The quantitative estimate of drug-likeness (QED) is 0.325. The van der Waals surface area contributed by atoms with Gasteiger partial charge < -0.3 is 19.7 Å². The lowest BCUT2D eigenvalue weighted by Gasteiger charge is -2.33. The first-order valence-electron chi connectivity index (χ1n) is 13.1. The molecule has 1 N–H and O–H groups in total. The number of amides is 1. The fraction of sp³-hybridized carbons (Fsp3) is 0.355. The van der Waals surface area contributed by atoms with Gasteiger partial charge in [-0.2, -0.15) is 5.26 Å². The van der Waals surface area contributed by atoms with E-state index in [9.17, 15) is 10.1 Å². The van der Waals surface area contributed by atoms with E-state index in [0.717, 1.165) is 30.5 Å². The molecule has 0 saturated carbocycles. The zero-order valence-electron chi connectivity index (χ0n) is 22.3. The van der Waals surface area contributed by atoms with E-state index in [-0.39, 0.29) is 41.4 Å². The predicted molar refractivity (Wildman–Crippen MR) is 150 cm³/mol. The van der Waals surface area contributed by atoms with Crippen LogP contribution in [0.25, 0.3) is 11.1 Å². The molecule has 1 aliphatic rings. The highest BCUT2D eigenvalue weighted by Gasteiger charge is 2.25. The largest absolute Gasteiger partial charge is 0.488 e. The normalized spacial score (nSPS) is 16.0. The fourth-order valence-electron chi connectivity index (χ4n) is 5.04. The lowest BCUT2D eigenvalue weighted by Crippen LogP contribution is -2.48. The van der Waals surface area contributed by atoms with Gasteiger partial charge in [-0.15, -0.1) is 0 Å². The average Bonchev–Trinajstić information content (AvgIpc) is 2.95. The number of hydrogen-bond donors (Lipinski definition) is 1. The van der Waals surface area contributed by atoms with Gasteiger partial charge in [0, 0.05) is 61.8 Å². The highest BCUT2D eigenvalue weighted by molar-refractivity contribution is 6.33. The van der Waals surface area contributed by atoms with Crippen LogP contribution in [0.15, 0.2) is 60.7 Å². The second kappa shape index (κ2) is 13.6. The molecule has 0 radical (unpaired) electrons. The van der Waals surface area contributed by atoms with Crippen molar-refractivity contribution in [3.05, 3.63) is 88.2 Å². The number of nitrogens with zero attached hydrogens (tertiary/aromatic N) is 2. The molecule has 1 amide bonds. The van der Waals surface area contributed by atoms with Crippen LogP contribution in [0, 0.1) is 17.1 Å². The number of methoxy groups -OCH3 is 1. The minimum atomic E-state index is -0.634. The summed E-state index contributed by atoms with van der Waals surface area (Å²) in [6.45, 7) is 4.18. The Morgan fingerprint density at radius 3 is 2.69 bits per heavy atom. The molecule has 1 aliphatic heterocycles. The van der Waals surface area contributed by atoms with E-state index in [1.807, 2.05) is 35.2 Å². The van der Waals surface area contributed by atoms with Gasteiger partial charge in [0.1, 0.15) is 6.61 Å². The minimum Gasteiger partial charge on any atom is -0.488 e. The molecule has 1 saturated heterocycles. The Morgan fingerprint density at radius 1 is 1.18 bits per heavy atom. The summed E-state index contributed by atoms with van der Waals surface area (Å²) in [4.78, 5) is 13.8. The van der Waals surface area contributed by atoms with Crippen LogP contribution >= 0.6 is 11.6 Å². The van der Waals surface area contributed by atoms with E-state index in [1.54, 1.807) is 26.2 Å². The van der Waals surface area contributed by atoms with Crippen LogP contribution in [-0.4, -0.2) is 56.8 Å². The molecular weight excluding hydrogens is 517 g/mol. The van der Waals surface area contributed by atoms with Crippen molar-refractivity contribution in [2.75, 3.05) is 40.0 Å². The van der Waals surface area contributed by atoms with Crippen molar-refractivity contribution >= 4 is 17.5 Å². The van der Waals surface area contributed by atoms with Gasteiger partial charge >= 0.3 is 0 Å². The highest BCUT2D eigenvalue weighted by Crippen LogP contribution is 2.39. The van der Waals surface area contributed by atoms with E-state index in [4.69, 9.17) is 21.1 Å². The third-order valence-electron chi connectivity index (χ3n) is 7.11. The number of nitriles is 1. The number of benzene rings is 3. The van der Waals surface area contributed by atoms with Gasteiger partial charge in [0.25, 0.3) is 0 Å². The number of nitrogens with one attached hydrogen (secondary N) is 1. The van der Waals surface area contributed by atoms with Crippen molar-refractivity contribution in [2.45, 2.75) is 31.7 Å². The fourth-order valence-corrected chi connectivity index (χ4v) is 5.25. The molecule has 1 heterocycles. The van der Waals surface area contributed by atoms with Crippen molar-refractivity contribution in [3.8, 4) is 22.9 Å². The third-order valence-corrected chi connectivity index (χ3v) is 7.44. The van der Waals surface area contributed by atoms with E-state index < -0.39 is 5.82 Å². The molecule has 2 atom stereocenters. The first-order chi connectivity index (χ1) is 18.9. The number of hydrogen-bond acceptors (Lipinski definition) is 5. The second-order valence-corrected chi connectivity index (χ2v) is 10.1. The Kier molecular flexibility index (Phi) is 9.94. The topological polar surface area (TPSA) is 74.6 Å². The van der Waals surface area contributed by atoms with Crippen molar-refractivity contribution < 1.29 is 18.7 Å². The Morgan fingerprint density at radius 2 is 1.97 bits per heavy atom. The predicted octanol–water partition coefficient (Wildman–Crippen LogP) is 5.78. The summed E-state index contributed by atoms with van der Waals surface area (Å²) in [5.41, 5.74) is 2.74. The second-order valence-electron chi connectivity index (χ2n) is 9.67. The molecule has 1 fully saturated rings. The molecule has 39 heavy (non-hydrogen) atoms. The Balaban J connectivity index is 1.69. The van der Waals surface area contributed by atoms with Crippen LogP contribution in [-0.2, 0) is 9.53 Å². The van der Waals surface area contributed by atoms with Gasteiger partial charge in [0.15, 0.2) is 11.6 Å². The summed E-state index contributed by atoms with van der Waals surface area (Å²) in [7, 11) is 1.54. The van der Waals surface area contributed by atoms with Crippen molar-refractivity contribution in [1.82, 2.24) is 10.2 Å². The molecule has 0 bridgehead atoms. The van der Waals surface area contributed by atoms with E-state index in [0.29, 0.717) is 30.3 Å². The SMILES string of the molecule is COCCOc1ccc(C#N)c(-c2cc(C(CN[C@@H]3CCCN(C(C)=O)C3)c3ccccc3)ccc2Cl)c1F. The maximum atomic E-state index is 15.7. The summed E-state index contributed by atoms with van der Waals surface area (Å²) in [6, 6.07) is 20.9. The number of piperidine rings is 1. The van der Waals surface area contributed by atoms with E-state index >= 15 is 4.39 Å². The number of ether oxygens (including phenoxy) is 2. The van der Waals surface area contributed by atoms with Gasteiger partial charge in [0.05, 0.1) is 18.2 Å². The van der Waals surface area contributed by atoms with Crippen LogP contribution in [0.4, 0.5) is 4.39 Å². The molecule has 8 heteroatoms. The number of rotatable bonds is 10. The Hall–Kier alpha value is -3.44. The Bertz CT molecular complexity index is 1330. The molecule has 0 aliphatic carbocycles. The molecule has 204 valence electrons. The number of likely N-dealkylation sites (tertiary alicyclic amines) is 1. The lowest BCUT2D eigenvalue weighted by atomic mass is 9.88. The molecule has 6 nitrogen and oxygen atoms in total. The van der Waals surface area contributed by atoms with Crippen LogP contribution < -0.4 is 10.1 Å². The van der Waals surface area contributed by atoms with Crippen LogP contribution in [0.2, 0.25) is 5.02 Å². The van der Waals surface area contributed by atoms with Crippen LogP contribution in [0.5, 0.6) is 5.75 Å². The summed E-state index contributed by atoms with van der Waals surface area (Å²) < 4.78 is 26.3. The summed E-state index contributed by atoms with van der Waals surface area (Å²) in [5.74, 6) is -0.571. The van der Waals surface area contributed by atoms with E-state index in [2.05, 4.69) is 23.5 Å². The van der Waals surface area contributed by atoms with Gasteiger partial charge in [-0.25, -0.2) is 4.39 Å². The minimum absolute atomic E-state index is 0.0381. The average molecular weight is 550 g/mol. The van der Waals surface area contributed by atoms with E-state index in [1.165, 1.54) is 6.07 Å². The lowest BCUT2D eigenvalue weighted by molar-refractivity contribution is -0.130. The van der Waals surface area contributed by atoms with Gasteiger partial charge in [-0.1, -0.05) is 48.0 Å². The van der Waals surface area contributed by atoms with Crippen LogP contribution in [0.3, 0.4) is 0 Å². The van der Waals surface area contributed by atoms with Crippen molar-refractivity contribution in [1.29, 1.82) is 5.26 Å². The first kappa shape index (κ1) is 28.6. The molecule has 3 aromatic rings. The van der Waals surface area contributed by atoms with Crippen molar-refractivity contribution in [3.63, 3.8) is 0 Å². The summed E-state index contributed by atoms with van der Waals surface area (Å²) in [5, 5.41) is 13.8. The molecule has 0 spiro atoms. The van der Waals surface area contributed by atoms with Crippen LogP contribution in [0.1, 0.15) is 42.4 Å². The molecule has 1 unspecified atom stereocenters. The monoisotopic (exact) mass is 549 g/mol. The molecule has 4 rings (SSSR count). The van der Waals surface area contributed by atoms with Gasteiger partial charge in [0.2, 0.25) is 5.91 Å². The number of carbonyl (C=O) groups is 1. The standard InChI is InChI=1S/C31H33ClFN3O3/c1-21(37)36-14-6-9-25(20-36)35-19-27(22-7-4-3-5-8-22)23-10-12-28(32)26(17-23)30-24(18-34)11-13-29(31(30)33)39-16-15-38-2/h3-5,7-8,10-13,17,25,27,35H,6,9,14-16,19-20H2,1-2H3/t25-,27?/m1/s1. The van der Waals surface area contributed by atoms with Gasteiger partial charge in [-0.05, 0) is 48.2 Å². The maximum absolute atomic E-state index is 15.7. The first-order valence-corrected chi connectivity index (χ1v) is 13.5. The zero-order valence-corrected chi connectivity index (χ0v) is 23.0. The number of carbonyl (C=O) groups excluding carboxylic acids is 1. The smallest absolute Gasteiger partial charge is 0.219 e. The Labute approximate surface area is 234 Å².